The Morgan fingerprint density at radius 2 is 2.16 bits per heavy atom. The number of rotatable bonds is 2. The van der Waals surface area contributed by atoms with Gasteiger partial charge in [-0.05, 0) is 6.07 Å². The van der Waals surface area contributed by atoms with E-state index >= 15 is 0 Å². The van der Waals surface area contributed by atoms with Crippen molar-refractivity contribution in [2.45, 2.75) is 18.9 Å². The summed E-state index contributed by atoms with van der Waals surface area (Å²) in [6.45, 7) is 1.98. The fourth-order valence-electron chi connectivity index (χ4n) is 2.21. The summed E-state index contributed by atoms with van der Waals surface area (Å²) in [5, 5.41) is 2.71. The van der Waals surface area contributed by atoms with Crippen molar-refractivity contribution in [1.29, 1.82) is 0 Å². The topological polar surface area (TPSA) is 64.1 Å². The molecule has 1 aliphatic heterocycles. The predicted octanol–water partition coefficient (Wildman–Crippen LogP) is 1.98. The van der Waals surface area contributed by atoms with Gasteiger partial charge in [-0.2, -0.15) is 0 Å². The number of aromatic nitrogens is 2. The highest BCUT2D eigenvalue weighted by molar-refractivity contribution is 5.94. The monoisotopic (exact) mass is 255 g/mol. The Labute approximate surface area is 110 Å². The second-order valence-corrected chi connectivity index (χ2v) is 4.44. The molecule has 19 heavy (non-hydrogen) atoms. The molecule has 2 atom stereocenters. The van der Waals surface area contributed by atoms with E-state index in [-0.39, 0.29) is 11.8 Å². The fourth-order valence-corrected chi connectivity index (χ4v) is 2.21. The Hall–Kier alpha value is -2.43. The Morgan fingerprint density at radius 1 is 1.32 bits per heavy atom. The second kappa shape index (κ2) is 4.68. The van der Waals surface area contributed by atoms with Crippen LogP contribution < -0.4 is 10.1 Å². The molecule has 1 amide bonds. The van der Waals surface area contributed by atoms with Gasteiger partial charge in [0.25, 0.3) is 5.91 Å². The number of hydrogen-bond donors (Lipinski definition) is 1. The number of carbonyl (C=O) groups is 1. The molecule has 1 aromatic heterocycles. The zero-order chi connectivity index (χ0) is 13.2. The van der Waals surface area contributed by atoms with E-state index in [1.165, 1.54) is 12.4 Å². The first-order valence-electron chi connectivity index (χ1n) is 6.08. The number of carbonyl (C=O) groups excluding carboxylic acids is 1. The van der Waals surface area contributed by atoms with Gasteiger partial charge in [0.05, 0.1) is 6.20 Å². The number of nitrogens with zero attached hydrogens (tertiary/aromatic N) is 2. The van der Waals surface area contributed by atoms with Gasteiger partial charge in [0, 0.05) is 23.9 Å². The summed E-state index contributed by atoms with van der Waals surface area (Å²) in [7, 11) is 0. The van der Waals surface area contributed by atoms with Crippen LogP contribution in [0.4, 0.5) is 5.82 Å². The molecule has 0 fully saturated rings. The number of nitrogens with one attached hydrogen (secondary N) is 1. The van der Waals surface area contributed by atoms with Crippen molar-refractivity contribution in [3.05, 3.63) is 48.4 Å². The molecule has 96 valence electrons. The van der Waals surface area contributed by atoms with Crippen molar-refractivity contribution in [2.75, 3.05) is 5.32 Å². The lowest BCUT2D eigenvalue weighted by atomic mass is 9.97. The van der Waals surface area contributed by atoms with Crippen molar-refractivity contribution in [2.24, 2.45) is 0 Å². The molecule has 0 bridgehead atoms. The summed E-state index contributed by atoms with van der Waals surface area (Å²) in [6, 6.07) is 7.70. The third-order valence-electron chi connectivity index (χ3n) is 3.19. The van der Waals surface area contributed by atoms with Crippen LogP contribution in [0.1, 0.15) is 18.4 Å². The molecule has 5 heteroatoms. The minimum Gasteiger partial charge on any atom is -0.480 e. The van der Waals surface area contributed by atoms with Crippen molar-refractivity contribution >= 4 is 11.7 Å². The van der Waals surface area contributed by atoms with Crippen LogP contribution in [0.15, 0.2) is 42.9 Å². The zero-order valence-electron chi connectivity index (χ0n) is 10.4. The molecule has 0 unspecified atom stereocenters. The molecule has 1 aromatic carbocycles. The second-order valence-electron chi connectivity index (χ2n) is 4.44. The highest BCUT2D eigenvalue weighted by atomic mass is 16.5. The summed E-state index contributed by atoms with van der Waals surface area (Å²) in [6.07, 6.45) is 4.06. The van der Waals surface area contributed by atoms with Crippen LogP contribution in [-0.4, -0.2) is 22.0 Å². The maximum Gasteiger partial charge on any atom is 0.267 e. The van der Waals surface area contributed by atoms with Crippen LogP contribution in [0.5, 0.6) is 5.75 Å². The van der Waals surface area contributed by atoms with Crippen molar-refractivity contribution in [3.8, 4) is 5.75 Å². The molecular weight excluding hydrogens is 242 g/mol. The van der Waals surface area contributed by atoms with E-state index in [4.69, 9.17) is 4.74 Å². The number of hydrogen-bond acceptors (Lipinski definition) is 4. The van der Waals surface area contributed by atoms with Gasteiger partial charge in [-0.25, -0.2) is 4.98 Å². The molecule has 0 spiro atoms. The van der Waals surface area contributed by atoms with Crippen molar-refractivity contribution in [3.63, 3.8) is 0 Å². The molecule has 0 aliphatic carbocycles. The molecule has 1 N–H and O–H groups in total. The molecule has 5 nitrogen and oxygen atoms in total. The first kappa shape index (κ1) is 11.6. The average Bonchev–Trinajstić information content (AvgIpc) is 2.78. The predicted molar refractivity (Wildman–Crippen MR) is 69.9 cm³/mol. The van der Waals surface area contributed by atoms with E-state index in [0.29, 0.717) is 5.82 Å². The molecule has 0 saturated carbocycles. The number of amides is 1. The lowest BCUT2D eigenvalue weighted by Crippen LogP contribution is -2.33. The molecule has 2 heterocycles. The third-order valence-corrected chi connectivity index (χ3v) is 3.19. The normalized spacial score (nSPS) is 20.5. The number of para-hydroxylation sites is 1. The summed E-state index contributed by atoms with van der Waals surface area (Å²) in [4.78, 5) is 20.1. The summed E-state index contributed by atoms with van der Waals surface area (Å²) >= 11 is 0. The quantitative estimate of drug-likeness (QED) is 0.891. The van der Waals surface area contributed by atoms with Crippen LogP contribution in [0.3, 0.4) is 0 Å². The highest BCUT2D eigenvalue weighted by Gasteiger charge is 2.36. The Balaban J connectivity index is 1.77. The maximum absolute atomic E-state index is 12.2. The van der Waals surface area contributed by atoms with Crippen LogP contribution >= 0.6 is 0 Å². The highest BCUT2D eigenvalue weighted by Crippen LogP contribution is 2.37. The van der Waals surface area contributed by atoms with Gasteiger partial charge in [0.1, 0.15) is 5.75 Å². The average molecular weight is 255 g/mol. The SMILES string of the molecule is C[C@@H]1c2ccccc2O[C@@H]1C(=O)Nc1cnccn1. The first-order valence-corrected chi connectivity index (χ1v) is 6.08. The fraction of sp³-hybridized carbons (Fsp3) is 0.214. The minimum atomic E-state index is -0.528. The lowest BCUT2D eigenvalue weighted by Gasteiger charge is -2.14. The molecule has 1 aliphatic rings. The molecule has 0 saturated heterocycles. The van der Waals surface area contributed by atoms with Gasteiger partial charge in [0.15, 0.2) is 11.9 Å². The van der Waals surface area contributed by atoms with Gasteiger partial charge in [0.2, 0.25) is 0 Å². The van der Waals surface area contributed by atoms with Gasteiger partial charge in [-0.15, -0.1) is 0 Å². The van der Waals surface area contributed by atoms with Crippen LogP contribution in [0.25, 0.3) is 0 Å². The maximum atomic E-state index is 12.2. The largest absolute Gasteiger partial charge is 0.480 e. The van der Waals surface area contributed by atoms with Crippen molar-refractivity contribution in [1.82, 2.24) is 9.97 Å². The van der Waals surface area contributed by atoms with E-state index in [9.17, 15) is 4.79 Å². The van der Waals surface area contributed by atoms with Gasteiger partial charge >= 0.3 is 0 Å². The Bertz CT molecular complexity index is 601. The first-order chi connectivity index (χ1) is 9.25. The van der Waals surface area contributed by atoms with Crippen LogP contribution in [0, 0.1) is 0 Å². The molecule has 3 rings (SSSR count). The van der Waals surface area contributed by atoms with Gasteiger partial charge in [-0.3, -0.25) is 9.78 Å². The van der Waals surface area contributed by atoms with Crippen molar-refractivity contribution < 1.29 is 9.53 Å². The molecule has 0 radical (unpaired) electrons. The number of benzene rings is 1. The van der Waals surface area contributed by atoms with E-state index in [0.717, 1.165) is 11.3 Å². The summed E-state index contributed by atoms with van der Waals surface area (Å²) < 4.78 is 5.69. The summed E-state index contributed by atoms with van der Waals surface area (Å²) in [5.74, 6) is 1.02. The third kappa shape index (κ3) is 2.14. The Morgan fingerprint density at radius 3 is 2.89 bits per heavy atom. The number of anilines is 1. The summed E-state index contributed by atoms with van der Waals surface area (Å²) in [5.41, 5.74) is 1.06. The van der Waals surface area contributed by atoms with E-state index in [1.54, 1.807) is 6.20 Å². The van der Waals surface area contributed by atoms with E-state index in [1.807, 2.05) is 31.2 Å². The number of ether oxygens (including phenoxy) is 1. The zero-order valence-corrected chi connectivity index (χ0v) is 10.4. The number of fused-ring (bicyclic) bond motifs is 1. The minimum absolute atomic E-state index is 0.0212. The van der Waals surface area contributed by atoms with Crippen LogP contribution in [-0.2, 0) is 4.79 Å². The van der Waals surface area contributed by atoms with E-state index in [2.05, 4.69) is 15.3 Å². The lowest BCUT2D eigenvalue weighted by molar-refractivity contribution is -0.122. The molecule has 2 aromatic rings. The smallest absolute Gasteiger partial charge is 0.267 e. The van der Waals surface area contributed by atoms with Crippen LogP contribution in [0.2, 0.25) is 0 Å². The van der Waals surface area contributed by atoms with Gasteiger partial charge < -0.3 is 10.1 Å². The van der Waals surface area contributed by atoms with Gasteiger partial charge in [-0.1, -0.05) is 25.1 Å². The molecular formula is C14H13N3O2. The van der Waals surface area contributed by atoms with E-state index < -0.39 is 6.10 Å². The standard InChI is InChI=1S/C14H13N3O2/c1-9-10-4-2-3-5-11(10)19-13(9)14(18)17-12-8-15-6-7-16-12/h2-9,13H,1H3,(H,16,17,18)/t9-,13+/m1/s1. The Kier molecular flexibility index (Phi) is 2.87.